The van der Waals surface area contributed by atoms with E-state index in [-0.39, 0.29) is 23.1 Å². The number of nitrogens with zero attached hydrogens (tertiary/aromatic N) is 1. The minimum absolute atomic E-state index is 0.0204. The van der Waals surface area contributed by atoms with Gasteiger partial charge in [-0.05, 0) is 49.6 Å². The van der Waals surface area contributed by atoms with Gasteiger partial charge in [0.05, 0.1) is 10.5 Å². The lowest BCUT2D eigenvalue weighted by Crippen LogP contribution is -2.26. The summed E-state index contributed by atoms with van der Waals surface area (Å²) in [7, 11) is -3.66. The van der Waals surface area contributed by atoms with Crippen molar-refractivity contribution in [2.75, 3.05) is 0 Å². The third-order valence-corrected chi connectivity index (χ3v) is 6.45. The van der Waals surface area contributed by atoms with Crippen LogP contribution in [0.25, 0.3) is 11.3 Å². The summed E-state index contributed by atoms with van der Waals surface area (Å²) in [4.78, 5) is 12.6. The zero-order chi connectivity index (χ0) is 21.3. The number of esters is 1. The fourth-order valence-electron chi connectivity index (χ4n) is 2.83. The number of aromatic nitrogens is 1. The lowest BCUT2D eigenvalue weighted by atomic mass is 10.1. The first-order valence-corrected chi connectivity index (χ1v) is 11.2. The summed E-state index contributed by atoms with van der Waals surface area (Å²) in [6.07, 6.45) is 1.66. The van der Waals surface area contributed by atoms with E-state index in [4.69, 9.17) is 20.9 Å². The molecule has 0 amide bonds. The number of nitrogens with one attached hydrogen (secondary N) is 1. The first-order chi connectivity index (χ1) is 14.3. The average molecular weight is 447 g/mol. The molecule has 1 aliphatic rings. The van der Waals surface area contributed by atoms with Gasteiger partial charge in [-0.1, -0.05) is 35.0 Å². The number of hydrogen-bond donors (Lipinski definition) is 1. The van der Waals surface area contributed by atoms with Crippen molar-refractivity contribution in [2.24, 2.45) is 0 Å². The van der Waals surface area contributed by atoms with Gasteiger partial charge in [-0.3, -0.25) is 0 Å². The van der Waals surface area contributed by atoms with E-state index >= 15 is 0 Å². The van der Waals surface area contributed by atoms with E-state index < -0.39 is 16.0 Å². The first kappa shape index (κ1) is 20.6. The Hall–Kier alpha value is -2.68. The predicted molar refractivity (Wildman–Crippen MR) is 111 cm³/mol. The molecule has 1 N–H and O–H groups in total. The van der Waals surface area contributed by atoms with Gasteiger partial charge in [0.2, 0.25) is 10.0 Å². The molecule has 2 aromatic carbocycles. The zero-order valence-electron chi connectivity index (χ0n) is 16.1. The molecule has 156 valence electrons. The molecule has 1 saturated carbocycles. The summed E-state index contributed by atoms with van der Waals surface area (Å²) < 4.78 is 38.0. The Morgan fingerprint density at radius 2 is 1.93 bits per heavy atom. The Labute approximate surface area is 179 Å². The van der Waals surface area contributed by atoms with E-state index in [0.717, 1.165) is 18.4 Å². The molecule has 0 radical (unpaired) electrons. The second-order valence-electron chi connectivity index (χ2n) is 7.13. The topological polar surface area (TPSA) is 98.5 Å². The van der Waals surface area contributed by atoms with Crippen LogP contribution in [0.2, 0.25) is 5.02 Å². The molecular weight excluding hydrogens is 428 g/mol. The van der Waals surface area contributed by atoms with Crippen molar-refractivity contribution in [3.8, 4) is 11.3 Å². The maximum absolute atomic E-state index is 12.6. The molecule has 0 saturated heterocycles. The number of hydrogen-bond acceptors (Lipinski definition) is 6. The van der Waals surface area contributed by atoms with Gasteiger partial charge in [-0.25, -0.2) is 17.9 Å². The number of rotatable bonds is 7. The van der Waals surface area contributed by atoms with Gasteiger partial charge in [0, 0.05) is 22.7 Å². The number of ether oxygens (including phenoxy) is 1. The lowest BCUT2D eigenvalue weighted by molar-refractivity contribution is 0.0436. The number of sulfonamides is 1. The van der Waals surface area contributed by atoms with E-state index in [1.807, 2.05) is 0 Å². The van der Waals surface area contributed by atoms with Crippen LogP contribution in [0, 0.1) is 6.92 Å². The first-order valence-electron chi connectivity index (χ1n) is 9.33. The van der Waals surface area contributed by atoms with Crippen molar-refractivity contribution in [2.45, 2.75) is 37.3 Å². The number of halogens is 1. The van der Waals surface area contributed by atoms with Crippen molar-refractivity contribution in [3.05, 3.63) is 70.4 Å². The van der Waals surface area contributed by atoms with E-state index in [2.05, 4.69) is 9.88 Å². The van der Waals surface area contributed by atoms with Crippen LogP contribution in [-0.2, 0) is 21.4 Å². The third-order valence-electron chi connectivity index (χ3n) is 4.68. The molecule has 3 aromatic rings. The molecule has 0 aliphatic heterocycles. The highest BCUT2D eigenvalue weighted by Gasteiger charge is 2.28. The standard InChI is InChI=1S/C21H19ClN2O5S/c1-13-2-9-18(30(26,27)24-16-7-8-16)11-19(13)21(25)28-12-17-10-20(23-29-17)14-3-5-15(22)6-4-14/h2-6,9-11,16,24H,7-8,12H2,1H3. The monoisotopic (exact) mass is 446 g/mol. The Balaban J connectivity index is 1.45. The van der Waals surface area contributed by atoms with E-state index in [0.29, 0.717) is 22.0 Å². The molecule has 1 heterocycles. The minimum atomic E-state index is -3.66. The van der Waals surface area contributed by atoms with E-state index in [9.17, 15) is 13.2 Å². The summed E-state index contributed by atoms with van der Waals surface area (Å²) in [6, 6.07) is 13.2. The van der Waals surface area contributed by atoms with Crippen molar-refractivity contribution in [3.63, 3.8) is 0 Å². The SMILES string of the molecule is Cc1ccc(S(=O)(=O)NC2CC2)cc1C(=O)OCc1cc(-c2ccc(Cl)cc2)no1. The smallest absolute Gasteiger partial charge is 0.338 e. The second-order valence-corrected chi connectivity index (χ2v) is 9.28. The summed E-state index contributed by atoms with van der Waals surface area (Å²) >= 11 is 5.88. The summed E-state index contributed by atoms with van der Waals surface area (Å²) in [5, 5.41) is 4.58. The van der Waals surface area contributed by atoms with Gasteiger partial charge >= 0.3 is 5.97 Å². The van der Waals surface area contributed by atoms with Crippen LogP contribution < -0.4 is 4.72 Å². The van der Waals surface area contributed by atoms with Crippen LogP contribution >= 0.6 is 11.6 Å². The zero-order valence-corrected chi connectivity index (χ0v) is 17.7. The lowest BCUT2D eigenvalue weighted by Gasteiger charge is -2.10. The molecule has 1 fully saturated rings. The largest absolute Gasteiger partial charge is 0.454 e. The van der Waals surface area contributed by atoms with Gasteiger partial charge < -0.3 is 9.26 Å². The number of aryl methyl sites for hydroxylation is 1. The molecule has 0 unspecified atom stereocenters. The quantitative estimate of drug-likeness (QED) is 0.548. The third kappa shape index (κ3) is 4.72. The van der Waals surface area contributed by atoms with Crippen LogP contribution in [0.4, 0.5) is 0 Å². The average Bonchev–Trinajstić information content (AvgIpc) is 3.39. The predicted octanol–water partition coefficient (Wildman–Crippen LogP) is 4.10. The van der Waals surface area contributed by atoms with Gasteiger partial charge in [0.25, 0.3) is 0 Å². The van der Waals surface area contributed by atoms with Crippen molar-refractivity contribution in [1.82, 2.24) is 9.88 Å². The highest BCUT2D eigenvalue weighted by molar-refractivity contribution is 7.89. The highest BCUT2D eigenvalue weighted by Crippen LogP contribution is 2.24. The van der Waals surface area contributed by atoms with Crippen molar-refractivity contribution >= 4 is 27.6 Å². The summed E-state index contributed by atoms with van der Waals surface area (Å²) in [5.41, 5.74) is 2.21. The van der Waals surface area contributed by atoms with E-state index in [1.54, 1.807) is 43.3 Å². The number of carbonyl (C=O) groups excluding carboxylic acids is 1. The molecule has 7 nitrogen and oxygen atoms in total. The Morgan fingerprint density at radius 1 is 1.20 bits per heavy atom. The van der Waals surface area contributed by atoms with Crippen molar-refractivity contribution in [1.29, 1.82) is 0 Å². The summed E-state index contributed by atoms with van der Waals surface area (Å²) in [6.45, 7) is 1.59. The van der Waals surface area contributed by atoms with Crippen LogP contribution in [0.5, 0.6) is 0 Å². The summed E-state index contributed by atoms with van der Waals surface area (Å²) in [5.74, 6) is -0.273. The molecule has 30 heavy (non-hydrogen) atoms. The Morgan fingerprint density at radius 3 is 2.63 bits per heavy atom. The maximum atomic E-state index is 12.6. The maximum Gasteiger partial charge on any atom is 0.338 e. The van der Waals surface area contributed by atoms with Gasteiger partial charge in [0.15, 0.2) is 12.4 Å². The molecule has 4 rings (SSSR count). The normalized spacial score (nSPS) is 13.9. The molecular formula is C21H19ClN2O5S. The van der Waals surface area contributed by atoms with Crippen molar-refractivity contribution < 1.29 is 22.5 Å². The fraction of sp³-hybridized carbons (Fsp3) is 0.238. The van der Waals surface area contributed by atoms with Gasteiger partial charge in [0.1, 0.15) is 5.69 Å². The van der Waals surface area contributed by atoms with Crippen LogP contribution in [0.15, 0.2) is 57.9 Å². The van der Waals surface area contributed by atoms with Gasteiger partial charge in [-0.15, -0.1) is 0 Å². The molecule has 0 bridgehead atoms. The minimum Gasteiger partial charge on any atom is -0.454 e. The van der Waals surface area contributed by atoms with Crippen LogP contribution in [-0.4, -0.2) is 25.6 Å². The molecule has 9 heteroatoms. The molecule has 0 atom stereocenters. The Kier molecular flexibility index (Phi) is 5.64. The molecule has 1 aliphatic carbocycles. The second kappa shape index (κ2) is 8.22. The fourth-order valence-corrected chi connectivity index (χ4v) is 4.29. The Bertz CT molecular complexity index is 1180. The van der Waals surface area contributed by atoms with Crippen LogP contribution in [0.3, 0.4) is 0 Å². The molecule has 0 spiro atoms. The van der Waals surface area contributed by atoms with Gasteiger partial charge in [-0.2, -0.15) is 0 Å². The van der Waals surface area contributed by atoms with E-state index in [1.165, 1.54) is 12.1 Å². The number of carbonyl (C=O) groups is 1. The number of benzene rings is 2. The molecule has 1 aromatic heterocycles. The highest BCUT2D eigenvalue weighted by atomic mass is 35.5. The van der Waals surface area contributed by atoms with Crippen LogP contribution in [0.1, 0.15) is 34.5 Å².